The van der Waals surface area contributed by atoms with Crippen molar-refractivity contribution in [1.29, 1.82) is 0 Å². The van der Waals surface area contributed by atoms with Gasteiger partial charge in [-0.2, -0.15) is 4.99 Å². The van der Waals surface area contributed by atoms with Crippen molar-refractivity contribution in [2.24, 2.45) is 4.99 Å². The van der Waals surface area contributed by atoms with Crippen LogP contribution in [0.3, 0.4) is 0 Å². The normalized spacial score (nSPS) is 7.54. The molecule has 0 fully saturated rings. The van der Waals surface area contributed by atoms with Gasteiger partial charge in [0.25, 0.3) is 5.91 Å². The smallest absolute Gasteiger partial charge is 0.266 e. The molecule has 0 heterocycles. The van der Waals surface area contributed by atoms with Gasteiger partial charge in [0.15, 0.2) is 0 Å². The molecule has 0 spiro atoms. The van der Waals surface area contributed by atoms with E-state index >= 15 is 0 Å². The molecule has 0 aromatic heterocycles. The molecule has 0 aliphatic carbocycles. The van der Waals surface area contributed by atoms with Gasteiger partial charge in [0, 0.05) is 5.56 Å². The van der Waals surface area contributed by atoms with Gasteiger partial charge in [-0.1, -0.05) is 32.0 Å². The van der Waals surface area contributed by atoms with Gasteiger partial charge in [-0.15, -0.1) is 0 Å². The maximum absolute atomic E-state index is 11.0. The second-order valence-corrected chi connectivity index (χ2v) is 1.94. The topological polar surface area (TPSA) is 29.4 Å². The Balaban J connectivity index is 0.000000671. The van der Waals surface area contributed by atoms with Crippen LogP contribution in [0.15, 0.2) is 41.9 Å². The summed E-state index contributed by atoms with van der Waals surface area (Å²) in [5, 5.41) is 0. The lowest BCUT2D eigenvalue weighted by Gasteiger charge is -1.89. The maximum Gasteiger partial charge on any atom is 0.285 e. The highest BCUT2D eigenvalue weighted by atomic mass is 16.1. The number of hydrogen-bond acceptors (Lipinski definition) is 1. The van der Waals surface area contributed by atoms with Gasteiger partial charge in [0.1, 0.15) is 0 Å². The number of hydrogen-bond donors (Lipinski definition) is 0. The minimum absolute atomic E-state index is 0.305. The van der Waals surface area contributed by atoms with Crippen LogP contribution in [0.25, 0.3) is 0 Å². The molecule has 0 aliphatic rings. The van der Waals surface area contributed by atoms with Crippen LogP contribution in [0.2, 0.25) is 0 Å². The van der Waals surface area contributed by atoms with E-state index in [1.807, 2.05) is 19.9 Å². The van der Waals surface area contributed by atoms with Gasteiger partial charge in [-0.25, -0.2) is 0 Å². The zero-order valence-corrected chi connectivity index (χ0v) is 7.95. The minimum atomic E-state index is -0.305. The monoisotopic (exact) mass is 175 g/mol. The lowest BCUT2D eigenvalue weighted by atomic mass is 10.2. The first-order valence-corrected chi connectivity index (χ1v) is 4.17. The van der Waals surface area contributed by atoms with Crippen molar-refractivity contribution in [3.8, 4) is 0 Å². The van der Waals surface area contributed by atoms with Gasteiger partial charge < -0.3 is 0 Å². The summed E-state index contributed by atoms with van der Waals surface area (Å²) in [4.78, 5) is 14.4. The average molecular weight is 175 g/mol. The van der Waals surface area contributed by atoms with Crippen molar-refractivity contribution in [2.75, 3.05) is 0 Å². The van der Waals surface area contributed by atoms with Gasteiger partial charge >= 0.3 is 0 Å². The molecule has 2 nitrogen and oxygen atoms in total. The molecule has 0 unspecified atom stereocenters. The van der Waals surface area contributed by atoms with E-state index in [0.717, 1.165) is 0 Å². The quantitative estimate of drug-likeness (QED) is 0.603. The van der Waals surface area contributed by atoms with Crippen LogP contribution in [0.4, 0.5) is 0 Å². The molecule has 0 saturated carbocycles. The van der Waals surface area contributed by atoms with Crippen molar-refractivity contribution in [2.45, 2.75) is 13.8 Å². The summed E-state index contributed by atoms with van der Waals surface area (Å²) >= 11 is 0. The first kappa shape index (κ1) is 11.3. The molecule has 0 radical (unpaired) electrons. The summed E-state index contributed by atoms with van der Waals surface area (Å²) in [5.41, 5.74) is 0.559. The molecule has 13 heavy (non-hydrogen) atoms. The van der Waals surface area contributed by atoms with Gasteiger partial charge in [-0.05, 0) is 24.6 Å². The van der Waals surface area contributed by atoms with E-state index in [9.17, 15) is 4.79 Å². The standard InChI is InChI=1S/C9H7NO.C2H6/c1-2-10-9(11)8-6-4-3-5-7-8;1-2/h3-7H,1H2;1-2H3. The van der Waals surface area contributed by atoms with Crippen LogP contribution < -0.4 is 0 Å². The number of nitrogens with zero attached hydrogens (tertiary/aromatic N) is 1. The molecule has 1 amide bonds. The third-order valence-electron chi connectivity index (χ3n) is 1.20. The molecular weight excluding hydrogens is 162 g/mol. The fraction of sp³-hybridized carbons (Fsp3) is 0.182. The number of carbonyl (C=O) groups is 1. The Morgan fingerprint density at radius 1 is 1.31 bits per heavy atom. The molecule has 0 saturated heterocycles. The van der Waals surface area contributed by atoms with Crippen molar-refractivity contribution in [3.63, 3.8) is 0 Å². The van der Waals surface area contributed by atoms with Crippen LogP contribution in [0.5, 0.6) is 0 Å². The molecule has 0 bridgehead atoms. The molecule has 0 atom stereocenters. The maximum atomic E-state index is 11.0. The number of aliphatic imine (C=N–C) groups is 1. The number of rotatable bonds is 1. The van der Waals surface area contributed by atoms with E-state index in [4.69, 9.17) is 0 Å². The Kier molecular flexibility index (Phi) is 6.12. The predicted molar refractivity (Wildman–Crippen MR) is 55.2 cm³/mol. The summed E-state index contributed by atoms with van der Waals surface area (Å²) in [6, 6.07) is 8.80. The summed E-state index contributed by atoms with van der Waals surface area (Å²) in [6.07, 6.45) is 0. The van der Waals surface area contributed by atoms with E-state index in [0.29, 0.717) is 5.56 Å². The van der Waals surface area contributed by atoms with Gasteiger partial charge in [-0.3, -0.25) is 4.79 Å². The molecule has 0 N–H and O–H groups in total. The van der Waals surface area contributed by atoms with Crippen molar-refractivity contribution in [3.05, 3.63) is 42.5 Å². The second-order valence-electron chi connectivity index (χ2n) is 1.94. The largest absolute Gasteiger partial charge is 0.285 e. The summed E-state index contributed by atoms with van der Waals surface area (Å²) in [5.74, 6) is 1.89. The highest BCUT2D eigenvalue weighted by molar-refractivity contribution is 5.97. The molecule has 68 valence electrons. The van der Waals surface area contributed by atoms with Crippen molar-refractivity contribution in [1.82, 2.24) is 0 Å². The Morgan fingerprint density at radius 3 is 2.31 bits per heavy atom. The second kappa shape index (κ2) is 7.01. The fourth-order valence-corrected chi connectivity index (χ4v) is 0.717. The van der Waals surface area contributed by atoms with E-state index in [1.54, 1.807) is 24.3 Å². The van der Waals surface area contributed by atoms with Crippen LogP contribution in [-0.4, -0.2) is 11.8 Å². The predicted octanol–water partition coefficient (Wildman–Crippen LogP) is 2.71. The number of carbonyl (C=O) groups excluding carboxylic acids is 1. The Hall–Kier alpha value is -1.66. The third-order valence-corrected chi connectivity index (χ3v) is 1.20. The SMILES string of the molecule is C=C=NC(=O)c1ccccc1.CC. The molecule has 1 aromatic rings. The van der Waals surface area contributed by atoms with Crippen LogP contribution in [-0.2, 0) is 0 Å². The molecule has 1 aromatic carbocycles. The Morgan fingerprint density at radius 2 is 1.85 bits per heavy atom. The summed E-state index contributed by atoms with van der Waals surface area (Å²) in [6.45, 7) is 7.21. The average Bonchev–Trinajstić information content (AvgIpc) is 2.23. The first-order valence-electron chi connectivity index (χ1n) is 4.17. The number of amides is 1. The molecular formula is C11H13NO. The summed E-state index contributed by atoms with van der Waals surface area (Å²) in [7, 11) is 0. The Labute approximate surface area is 78.6 Å². The van der Waals surface area contributed by atoms with Crippen LogP contribution in [0.1, 0.15) is 24.2 Å². The fourth-order valence-electron chi connectivity index (χ4n) is 0.717. The molecule has 0 aliphatic heterocycles. The molecule has 2 heteroatoms. The lowest BCUT2D eigenvalue weighted by molar-refractivity contribution is 0.100. The van der Waals surface area contributed by atoms with Crippen LogP contribution >= 0.6 is 0 Å². The molecule has 1 rings (SSSR count). The van der Waals surface area contributed by atoms with Crippen molar-refractivity contribution < 1.29 is 4.79 Å². The lowest BCUT2D eigenvalue weighted by Crippen LogP contribution is -1.92. The van der Waals surface area contributed by atoms with E-state index in [2.05, 4.69) is 17.4 Å². The zero-order chi connectivity index (χ0) is 10.1. The van der Waals surface area contributed by atoms with Gasteiger partial charge in [0.2, 0.25) is 0 Å². The third kappa shape index (κ3) is 4.04. The number of benzene rings is 1. The van der Waals surface area contributed by atoms with Crippen LogP contribution in [0, 0.1) is 0 Å². The van der Waals surface area contributed by atoms with E-state index in [-0.39, 0.29) is 5.91 Å². The van der Waals surface area contributed by atoms with E-state index in [1.165, 1.54) is 0 Å². The summed E-state index contributed by atoms with van der Waals surface area (Å²) < 4.78 is 0. The van der Waals surface area contributed by atoms with E-state index < -0.39 is 0 Å². The Bertz CT molecular complexity index is 297. The highest BCUT2D eigenvalue weighted by Gasteiger charge is 1.98. The first-order chi connectivity index (χ1) is 6.34. The zero-order valence-electron chi connectivity index (χ0n) is 7.95. The minimum Gasteiger partial charge on any atom is -0.266 e. The van der Waals surface area contributed by atoms with Crippen molar-refractivity contribution >= 4 is 11.8 Å². The highest BCUT2D eigenvalue weighted by Crippen LogP contribution is 1.99. The van der Waals surface area contributed by atoms with Gasteiger partial charge in [0.05, 0.1) is 0 Å².